The fourth-order valence-electron chi connectivity index (χ4n) is 12.2. The van der Waals surface area contributed by atoms with E-state index >= 15 is 0 Å². The number of hydrogen-bond donors (Lipinski definition) is 0. The third-order valence-electron chi connectivity index (χ3n) is 15.1. The predicted octanol–water partition coefficient (Wildman–Crippen LogP) is 17.5. The summed E-state index contributed by atoms with van der Waals surface area (Å²) in [6, 6.07) is 84.5. The van der Waals surface area contributed by atoms with Crippen LogP contribution in [0.1, 0.15) is 47.2 Å². The topological polar surface area (TPSA) is 3.24 Å². The van der Waals surface area contributed by atoms with E-state index in [0.717, 1.165) is 5.69 Å². The van der Waals surface area contributed by atoms with Crippen LogP contribution in [0.25, 0.3) is 75.8 Å². The van der Waals surface area contributed by atoms with Gasteiger partial charge in [0.15, 0.2) is 0 Å². The van der Waals surface area contributed by atoms with E-state index in [1.165, 1.54) is 121 Å². The largest absolute Gasteiger partial charge is 0.308 e. The molecular weight excluding hydrogens is 815 g/mol. The Bertz CT molecular complexity index is 3750. The summed E-state index contributed by atoms with van der Waals surface area (Å²) in [5, 5.41) is 2.55. The molecule has 0 atom stereocenters. The summed E-state index contributed by atoms with van der Waals surface area (Å²) in [6.07, 6.45) is 0. The van der Waals surface area contributed by atoms with Gasteiger partial charge in [0.05, 0.1) is 21.5 Å². The van der Waals surface area contributed by atoms with Crippen molar-refractivity contribution in [2.45, 2.75) is 24.7 Å². The molecule has 1 spiro atoms. The second kappa shape index (κ2) is 13.9. The first-order valence-electron chi connectivity index (χ1n) is 23.1. The van der Waals surface area contributed by atoms with Crippen molar-refractivity contribution in [1.82, 2.24) is 0 Å². The first kappa shape index (κ1) is 37.6. The van der Waals surface area contributed by atoms with Gasteiger partial charge < -0.3 is 4.90 Å². The lowest BCUT2D eigenvalue weighted by atomic mass is 9.70. The Morgan fingerprint density at radius 1 is 0.348 bits per heavy atom. The molecule has 0 saturated carbocycles. The Morgan fingerprint density at radius 3 is 1.56 bits per heavy atom. The molecule has 2 heteroatoms. The highest BCUT2D eigenvalue weighted by Gasteiger charge is 2.52. The fourth-order valence-corrected chi connectivity index (χ4v) is 13.4. The van der Waals surface area contributed by atoms with Crippen LogP contribution >= 0.6 is 11.3 Å². The van der Waals surface area contributed by atoms with Crippen molar-refractivity contribution in [3.8, 4) is 55.6 Å². The summed E-state index contributed by atoms with van der Waals surface area (Å²) < 4.78 is 2.55. The number of benzene rings is 10. The maximum atomic E-state index is 2.63. The number of hydrogen-bond acceptors (Lipinski definition) is 2. The van der Waals surface area contributed by atoms with Crippen LogP contribution in [0.15, 0.2) is 224 Å². The fraction of sp³-hybridized carbons (Fsp3) is 0.0625. The summed E-state index contributed by atoms with van der Waals surface area (Å²) in [6.45, 7) is 4.79. The minimum Gasteiger partial charge on any atom is -0.308 e. The van der Waals surface area contributed by atoms with Gasteiger partial charge in [0.25, 0.3) is 0 Å². The van der Waals surface area contributed by atoms with Crippen LogP contribution in [0.4, 0.5) is 17.1 Å². The standard InChI is InChI=1S/C64H43NS/c1-63(2)52-26-13-9-22-45(52)48-34-33-44(39-57(48)63)65(59-38-43(41-20-7-4-8-21-41)37-51-50-36-42(40-18-5-3-6-19-40)32-35-60(50)66-62(51)59)58-31-17-30-56-61(58)49-25-12-16-29-55(49)64(56)53-27-14-10-23-46(53)47-24-11-15-28-54(47)64/h3-39H,1-2H3. The van der Waals surface area contributed by atoms with Gasteiger partial charge in [-0.05, 0) is 126 Å². The molecule has 3 aliphatic rings. The Hall–Kier alpha value is -7.78. The van der Waals surface area contributed by atoms with Crippen molar-refractivity contribution >= 4 is 48.6 Å². The van der Waals surface area contributed by atoms with Crippen molar-refractivity contribution in [3.05, 3.63) is 258 Å². The highest BCUT2D eigenvalue weighted by Crippen LogP contribution is 2.65. The highest BCUT2D eigenvalue weighted by molar-refractivity contribution is 7.26. The van der Waals surface area contributed by atoms with Crippen molar-refractivity contribution in [3.63, 3.8) is 0 Å². The molecule has 0 fully saturated rings. The quantitative estimate of drug-likeness (QED) is 0.167. The first-order chi connectivity index (χ1) is 32.5. The third-order valence-corrected chi connectivity index (χ3v) is 16.3. The molecule has 0 aliphatic heterocycles. The molecule has 0 unspecified atom stereocenters. The van der Waals surface area contributed by atoms with Gasteiger partial charge in [-0.25, -0.2) is 0 Å². The summed E-state index contributed by atoms with van der Waals surface area (Å²) in [7, 11) is 0. The molecule has 10 aromatic carbocycles. The lowest BCUT2D eigenvalue weighted by Gasteiger charge is -2.32. The number of rotatable bonds is 5. The zero-order valence-electron chi connectivity index (χ0n) is 36.7. The van der Waals surface area contributed by atoms with Gasteiger partial charge in [-0.15, -0.1) is 11.3 Å². The monoisotopic (exact) mass is 857 g/mol. The van der Waals surface area contributed by atoms with Gasteiger partial charge in [-0.3, -0.25) is 0 Å². The second-order valence-corrected chi connectivity index (χ2v) is 19.8. The molecule has 1 aromatic heterocycles. The van der Waals surface area contributed by atoms with Gasteiger partial charge in [0.1, 0.15) is 0 Å². The molecule has 310 valence electrons. The number of anilines is 3. The van der Waals surface area contributed by atoms with Crippen LogP contribution in [0.5, 0.6) is 0 Å². The maximum Gasteiger partial charge on any atom is 0.0726 e. The molecule has 14 rings (SSSR count). The van der Waals surface area contributed by atoms with E-state index in [1.54, 1.807) is 0 Å². The summed E-state index contributed by atoms with van der Waals surface area (Å²) in [4.78, 5) is 2.63. The first-order valence-corrected chi connectivity index (χ1v) is 23.9. The van der Waals surface area contributed by atoms with Crippen LogP contribution in [0.3, 0.4) is 0 Å². The Kier molecular flexibility index (Phi) is 7.89. The zero-order chi connectivity index (χ0) is 43.7. The minimum absolute atomic E-state index is 0.174. The van der Waals surface area contributed by atoms with E-state index in [1.807, 2.05) is 11.3 Å². The Labute approximate surface area is 389 Å². The van der Waals surface area contributed by atoms with E-state index in [2.05, 4.69) is 243 Å². The number of fused-ring (bicyclic) bond motifs is 16. The number of nitrogens with zero attached hydrogens (tertiary/aromatic N) is 1. The molecule has 1 nitrogen and oxygen atoms in total. The average molecular weight is 858 g/mol. The van der Waals surface area contributed by atoms with Crippen LogP contribution in [-0.2, 0) is 10.8 Å². The van der Waals surface area contributed by atoms with E-state index in [0.29, 0.717) is 0 Å². The molecule has 0 saturated heterocycles. The average Bonchev–Trinajstić information content (AvgIpc) is 4.07. The van der Waals surface area contributed by atoms with Crippen LogP contribution < -0.4 is 4.90 Å². The van der Waals surface area contributed by atoms with Crippen molar-refractivity contribution in [2.24, 2.45) is 0 Å². The number of thiophene rings is 1. The molecule has 0 bridgehead atoms. The van der Waals surface area contributed by atoms with E-state index in [4.69, 9.17) is 0 Å². The van der Waals surface area contributed by atoms with Gasteiger partial charge in [0.2, 0.25) is 0 Å². The molecule has 11 aromatic rings. The van der Waals surface area contributed by atoms with Gasteiger partial charge in [0, 0.05) is 32.1 Å². The lowest BCUT2D eigenvalue weighted by molar-refractivity contribution is 0.660. The molecular formula is C64H43NS. The second-order valence-electron chi connectivity index (χ2n) is 18.7. The Balaban J connectivity index is 1.10. The molecule has 0 N–H and O–H groups in total. The van der Waals surface area contributed by atoms with Crippen molar-refractivity contribution < 1.29 is 0 Å². The minimum atomic E-state index is -0.463. The van der Waals surface area contributed by atoms with Crippen LogP contribution in [0.2, 0.25) is 0 Å². The van der Waals surface area contributed by atoms with Crippen LogP contribution in [0, 0.1) is 0 Å². The van der Waals surface area contributed by atoms with E-state index in [9.17, 15) is 0 Å². The van der Waals surface area contributed by atoms with E-state index < -0.39 is 5.41 Å². The highest BCUT2D eigenvalue weighted by atomic mass is 32.1. The van der Waals surface area contributed by atoms with Crippen molar-refractivity contribution in [1.29, 1.82) is 0 Å². The maximum absolute atomic E-state index is 2.63. The lowest BCUT2D eigenvalue weighted by Crippen LogP contribution is -2.26. The van der Waals surface area contributed by atoms with Gasteiger partial charge in [-0.1, -0.05) is 196 Å². The van der Waals surface area contributed by atoms with Crippen LogP contribution in [-0.4, -0.2) is 0 Å². The SMILES string of the molecule is CC1(C)c2ccccc2-c2ccc(N(c3cccc4c3-c3ccccc3C43c4ccccc4-c4ccccc43)c3cc(-c4ccccc4)cc4c3sc3ccc(-c5ccccc5)cc34)cc21. The van der Waals surface area contributed by atoms with E-state index in [-0.39, 0.29) is 5.41 Å². The summed E-state index contributed by atoms with van der Waals surface area (Å²) in [5.41, 5.74) is 23.7. The zero-order valence-corrected chi connectivity index (χ0v) is 37.5. The molecule has 0 radical (unpaired) electrons. The predicted molar refractivity (Wildman–Crippen MR) is 279 cm³/mol. The molecule has 3 aliphatic carbocycles. The Morgan fingerprint density at radius 2 is 0.879 bits per heavy atom. The normalized spacial score (nSPS) is 14.2. The third kappa shape index (κ3) is 5.05. The van der Waals surface area contributed by atoms with Gasteiger partial charge >= 0.3 is 0 Å². The molecule has 0 amide bonds. The molecule has 1 heterocycles. The summed E-state index contributed by atoms with van der Waals surface area (Å²) in [5.74, 6) is 0. The van der Waals surface area contributed by atoms with Crippen molar-refractivity contribution in [2.75, 3.05) is 4.90 Å². The smallest absolute Gasteiger partial charge is 0.0726 e. The van der Waals surface area contributed by atoms with Gasteiger partial charge in [-0.2, -0.15) is 0 Å². The summed E-state index contributed by atoms with van der Waals surface area (Å²) >= 11 is 1.91. The molecule has 66 heavy (non-hydrogen) atoms.